The molecule has 0 bridgehead atoms. The number of nitrogens with one attached hydrogen (secondary N) is 1. The molecule has 1 saturated heterocycles. The summed E-state index contributed by atoms with van der Waals surface area (Å²) < 4.78 is 0.867. The molecule has 0 unspecified atom stereocenters. The first-order chi connectivity index (χ1) is 8.81. The minimum Gasteiger partial charge on any atom is -0.342 e. The third-order valence-corrected chi connectivity index (χ3v) is 3.82. The molecule has 1 fully saturated rings. The third-order valence-electron chi connectivity index (χ3n) is 3.19. The van der Waals surface area contributed by atoms with Crippen molar-refractivity contribution in [3.8, 4) is 0 Å². The van der Waals surface area contributed by atoms with Crippen LogP contribution in [0.25, 0.3) is 0 Å². The van der Waals surface area contributed by atoms with Crippen LogP contribution in [0.3, 0.4) is 0 Å². The van der Waals surface area contributed by atoms with Crippen LogP contribution in [-0.4, -0.2) is 23.9 Å². The maximum absolute atomic E-state index is 12.5. The average molecular weight is 325 g/mol. The van der Waals surface area contributed by atoms with Crippen molar-refractivity contribution in [3.63, 3.8) is 0 Å². The Balaban J connectivity index is 2.42. The van der Waals surface area contributed by atoms with Gasteiger partial charge in [0.15, 0.2) is 0 Å². The van der Waals surface area contributed by atoms with E-state index in [1.807, 2.05) is 25.1 Å². The van der Waals surface area contributed by atoms with Crippen LogP contribution in [0.1, 0.15) is 25.8 Å². The van der Waals surface area contributed by atoms with Crippen LogP contribution in [0, 0.1) is 6.92 Å². The number of rotatable bonds is 1. The number of anilines is 1. The van der Waals surface area contributed by atoms with Gasteiger partial charge in [-0.1, -0.05) is 6.07 Å². The quantitative estimate of drug-likeness (QED) is 0.862. The number of hydrogen-bond donors (Lipinski definition) is 1. The first-order valence-corrected chi connectivity index (χ1v) is 7.00. The predicted molar refractivity (Wildman–Crippen MR) is 78.1 cm³/mol. The second kappa shape index (κ2) is 4.96. The maximum atomic E-state index is 12.5. The second-order valence-corrected chi connectivity index (χ2v) is 6.19. The normalized spacial score (nSPS) is 19.1. The van der Waals surface area contributed by atoms with E-state index in [0.717, 1.165) is 15.7 Å². The van der Waals surface area contributed by atoms with Crippen LogP contribution in [0.5, 0.6) is 0 Å². The second-order valence-electron chi connectivity index (χ2n) is 5.33. The number of amides is 2. The van der Waals surface area contributed by atoms with E-state index in [4.69, 9.17) is 0 Å². The van der Waals surface area contributed by atoms with Gasteiger partial charge >= 0.3 is 0 Å². The van der Waals surface area contributed by atoms with Crippen LogP contribution in [-0.2, 0) is 9.59 Å². The molecule has 2 amide bonds. The topological polar surface area (TPSA) is 49.4 Å². The minimum absolute atomic E-state index is 0.0934. The molecule has 0 aliphatic carbocycles. The zero-order valence-electron chi connectivity index (χ0n) is 11.3. The summed E-state index contributed by atoms with van der Waals surface area (Å²) in [7, 11) is 0. The molecule has 1 N–H and O–H groups in total. The summed E-state index contributed by atoms with van der Waals surface area (Å²) in [6.07, 6.45) is 0.315. The number of halogens is 1. The number of nitrogens with zero attached hydrogens (tertiary/aromatic N) is 1. The van der Waals surface area contributed by atoms with Crippen molar-refractivity contribution >= 4 is 33.4 Å². The molecule has 4 nitrogen and oxygen atoms in total. The zero-order chi connectivity index (χ0) is 14.2. The number of benzene rings is 1. The van der Waals surface area contributed by atoms with E-state index in [1.54, 1.807) is 18.7 Å². The van der Waals surface area contributed by atoms with Gasteiger partial charge in [-0.15, -0.1) is 0 Å². The van der Waals surface area contributed by atoms with E-state index in [-0.39, 0.29) is 11.8 Å². The summed E-state index contributed by atoms with van der Waals surface area (Å²) in [6, 6.07) is 5.83. The molecule has 1 aromatic carbocycles. The Bertz CT molecular complexity index is 540. The van der Waals surface area contributed by atoms with Gasteiger partial charge in [0, 0.05) is 17.4 Å². The van der Waals surface area contributed by atoms with Gasteiger partial charge in [0.05, 0.1) is 5.69 Å². The van der Waals surface area contributed by atoms with Gasteiger partial charge in [0.1, 0.15) is 5.54 Å². The highest BCUT2D eigenvalue weighted by Crippen LogP contribution is 2.30. The van der Waals surface area contributed by atoms with Gasteiger partial charge < -0.3 is 10.2 Å². The molecule has 0 spiro atoms. The molecule has 5 heteroatoms. The van der Waals surface area contributed by atoms with Crippen LogP contribution in [0.15, 0.2) is 22.7 Å². The molecule has 0 radical (unpaired) electrons. The van der Waals surface area contributed by atoms with Crippen molar-refractivity contribution in [2.45, 2.75) is 32.7 Å². The van der Waals surface area contributed by atoms with E-state index in [0.29, 0.717) is 13.0 Å². The Hall–Kier alpha value is -1.36. The monoisotopic (exact) mass is 324 g/mol. The molecule has 2 rings (SSSR count). The van der Waals surface area contributed by atoms with Crippen LogP contribution in [0.4, 0.5) is 5.69 Å². The molecule has 1 aromatic rings. The first-order valence-electron chi connectivity index (χ1n) is 6.20. The van der Waals surface area contributed by atoms with Crippen molar-refractivity contribution < 1.29 is 9.59 Å². The van der Waals surface area contributed by atoms with Crippen molar-refractivity contribution in [2.24, 2.45) is 0 Å². The van der Waals surface area contributed by atoms with E-state index in [9.17, 15) is 9.59 Å². The summed E-state index contributed by atoms with van der Waals surface area (Å²) in [4.78, 5) is 25.9. The molecule has 1 heterocycles. The lowest BCUT2D eigenvalue weighted by molar-refractivity contribution is -0.128. The summed E-state index contributed by atoms with van der Waals surface area (Å²) in [5, 5.41) is 2.75. The number of aryl methyl sites for hydroxylation is 1. The lowest BCUT2D eigenvalue weighted by Crippen LogP contribution is -2.53. The first kappa shape index (κ1) is 14.1. The molecular weight excluding hydrogens is 308 g/mol. The summed E-state index contributed by atoms with van der Waals surface area (Å²) in [5.41, 5.74) is 1.05. The fourth-order valence-corrected chi connectivity index (χ4v) is 2.88. The summed E-state index contributed by atoms with van der Waals surface area (Å²) in [5.74, 6) is -0.188. The van der Waals surface area contributed by atoms with Crippen LogP contribution < -0.4 is 10.2 Å². The molecule has 0 atom stereocenters. The van der Waals surface area contributed by atoms with Crippen LogP contribution >= 0.6 is 15.9 Å². The van der Waals surface area contributed by atoms with Gasteiger partial charge in [-0.3, -0.25) is 9.59 Å². The van der Waals surface area contributed by atoms with Crippen molar-refractivity contribution in [2.75, 3.05) is 11.4 Å². The van der Waals surface area contributed by atoms with E-state index < -0.39 is 5.54 Å². The van der Waals surface area contributed by atoms with E-state index in [1.165, 1.54) is 0 Å². The number of hydrogen-bond acceptors (Lipinski definition) is 2. The Morgan fingerprint density at radius 3 is 2.63 bits per heavy atom. The summed E-state index contributed by atoms with van der Waals surface area (Å²) >= 11 is 3.49. The number of carbonyl (C=O) groups is 2. The highest BCUT2D eigenvalue weighted by molar-refractivity contribution is 9.10. The predicted octanol–water partition coefficient (Wildman–Crippen LogP) is 2.39. The third kappa shape index (κ3) is 2.81. The Labute approximate surface area is 121 Å². The maximum Gasteiger partial charge on any atom is 0.252 e. The lowest BCUT2D eigenvalue weighted by atomic mass is 10.0. The van der Waals surface area contributed by atoms with Crippen molar-refractivity contribution in [1.82, 2.24) is 5.32 Å². The summed E-state index contributed by atoms with van der Waals surface area (Å²) in [6.45, 7) is 5.85. The fraction of sp³-hybridized carbons (Fsp3) is 0.429. The van der Waals surface area contributed by atoms with Gasteiger partial charge in [0.25, 0.3) is 5.91 Å². The fourth-order valence-electron chi connectivity index (χ4n) is 2.18. The van der Waals surface area contributed by atoms with E-state index >= 15 is 0 Å². The molecule has 1 aliphatic rings. The molecular formula is C14H17BrN2O2. The Kier molecular flexibility index (Phi) is 3.67. The molecule has 1 aliphatic heterocycles. The average Bonchev–Trinajstić information content (AvgIpc) is 2.38. The Morgan fingerprint density at radius 1 is 1.32 bits per heavy atom. The molecule has 0 aromatic heterocycles. The standard InChI is InChI=1S/C14H17BrN2O2/c1-9-4-5-11(10(15)8-9)17-7-6-12(18)16-14(2,3)13(17)19/h4-5,8H,6-7H2,1-3H3,(H,16,18). The molecule has 102 valence electrons. The zero-order valence-corrected chi connectivity index (χ0v) is 12.9. The lowest BCUT2D eigenvalue weighted by Gasteiger charge is -2.29. The number of carbonyl (C=O) groups excluding carboxylic acids is 2. The SMILES string of the molecule is Cc1ccc(N2CCC(=O)NC(C)(C)C2=O)c(Br)c1. The van der Waals surface area contributed by atoms with E-state index in [2.05, 4.69) is 21.2 Å². The smallest absolute Gasteiger partial charge is 0.252 e. The van der Waals surface area contributed by atoms with Gasteiger partial charge in [-0.25, -0.2) is 0 Å². The van der Waals surface area contributed by atoms with Crippen LogP contribution in [0.2, 0.25) is 0 Å². The highest BCUT2D eigenvalue weighted by Gasteiger charge is 2.37. The van der Waals surface area contributed by atoms with Crippen molar-refractivity contribution in [1.29, 1.82) is 0 Å². The van der Waals surface area contributed by atoms with Gasteiger partial charge in [-0.05, 0) is 54.4 Å². The minimum atomic E-state index is -0.877. The molecule has 0 saturated carbocycles. The molecule has 19 heavy (non-hydrogen) atoms. The van der Waals surface area contributed by atoms with Gasteiger partial charge in [-0.2, -0.15) is 0 Å². The highest BCUT2D eigenvalue weighted by atomic mass is 79.9. The van der Waals surface area contributed by atoms with Crippen molar-refractivity contribution in [3.05, 3.63) is 28.2 Å². The largest absolute Gasteiger partial charge is 0.342 e. The van der Waals surface area contributed by atoms with Gasteiger partial charge in [0.2, 0.25) is 5.91 Å². The Morgan fingerprint density at radius 2 is 2.00 bits per heavy atom.